The largest absolute Gasteiger partial charge is 0.380 e. The van der Waals surface area contributed by atoms with E-state index < -0.39 is 0 Å². The van der Waals surface area contributed by atoms with Gasteiger partial charge in [0.2, 0.25) is 0 Å². The fourth-order valence-corrected chi connectivity index (χ4v) is 3.13. The Morgan fingerprint density at radius 1 is 1.05 bits per heavy atom. The average molecular weight is 282 g/mol. The smallest absolute Gasteiger partial charge is 0.0716 e. The summed E-state index contributed by atoms with van der Waals surface area (Å²) in [6.07, 6.45) is 0.964. The summed E-state index contributed by atoms with van der Waals surface area (Å²) in [5, 5.41) is 3.65. The highest BCUT2D eigenvalue weighted by molar-refractivity contribution is 5.37. The lowest BCUT2D eigenvalue weighted by Crippen LogP contribution is -2.20. The van der Waals surface area contributed by atoms with Gasteiger partial charge in [-0.1, -0.05) is 48.5 Å². The predicted octanol–water partition coefficient (Wildman–Crippen LogP) is 3.07. The van der Waals surface area contributed by atoms with Gasteiger partial charge in [0.15, 0.2) is 0 Å². The van der Waals surface area contributed by atoms with Gasteiger partial charge in [-0.2, -0.15) is 0 Å². The van der Waals surface area contributed by atoms with Gasteiger partial charge in [0, 0.05) is 25.7 Å². The van der Waals surface area contributed by atoms with Crippen LogP contribution >= 0.6 is 0 Å². The van der Waals surface area contributed by atoms with E-state index in [9.17, 15) is 0 Å². The molecule has 1 aliphatic rings. The molecule has 2 aromatic carbocycles. The van der Waals surface area contributed by atoms with Gasteiger partial charge < -0.3 is 15.8 Å². The van der Waals surface area contributed by atoms with Crippen LogP contribution in [0, 0.1) is 0 Å². The van der Waals surface area contributed by atoms with E-state index in [1.165, 1.54) is 22.3 Å². The van der Waals surface area contributed by atoms with Crippen LogP contribution in [0.3, 0.4) is 0 Å². The molecule has 3 heteroatoms. The maximum atomic E-state index is 6.22. The zero-order valence-corrected chi connectivity index (χ0v) is 12.4. The normalized spacial score (nSPS) is 20.5. The number of nitrogens with two attached hydrogens (primary N) is 1. The van der Waals surface area contributed by atoms with Crippen molar-refractivity contribution in [1.82, 2.24) is 5.32 Å². The topological polar surface area (TPSA) is 47.3 Å². The molecule has 0 radical (unpaired) electrons. The Labute approximate surface area is 126 Å². The van der Waals surface area contributed by atoms with Crippen molar-refractivity contribution in [1.29, 1.82) is 0 Å². The molecule has 3 rings (SSSR count). The van der Waals surface area contributed by atoms with Crippen LogP contribution in [0.25, 0.3) is 0 Å². The summed E-state index contributed by atoms with van der Waals surface area (Å²) >= 11 is 0. The predicted molar refractivity (Wildman–Crippen MR) is 84.7 cm³/mol. The van der Waals surface area contributed by atoms with Crippen LogP contribution in [-0.2, 0) is 17.9 Å². The first kappa shape index (κ1) is 14.3. The summed E-state index contributed by atoms with van der Waals surface area (Å²) in [6.45, 7) is 1.49. The van der Waals surface area contributed by atoms with Crippen molar-refractivity contribution in [3.63, 3.8) is 0 Å². The summed E-state index contributed by atoms with van der Waals surface area (Å²) in [5.74, 6) is 0. The lowest BCUT2D eigenvalue weighted by molar-refractivity contribution is 0.184. The van der Waals surface area contributed by atoms with Gasteiger partial charge in [-0.25, -0.2) is 0 Å². The number of nitrogens with one attached hydrogen (secondary N) is 1. The molecule has 0 heterocycles. The average Bonchev–Trinajstić information content (AvgIpc) is 2.84. The van der Waals surface area contributed by atoms with Gasteiger partial charge in [0.05, 0.1) is 6.61 Å². The monoisotopic (exact) mass is 282 g/mol. The molecule has 0 saturated heterocycles. The molecule has 2 aromatic rings. The zero-order chi connectivity index (χ0) is 14.7. The molecule has 0 aliphatic heterocycles. The number of hydrogen-bond acceptors (Lipinski definition) is 3. The van der Waals surface area contributed by atoms with Gasteiger partial charge in [-0.05, 0) is 28.7 Å². The van der Waals surface area contributed by atoms with Gasteiger partial charge in [0.25, 0.3) is 0 Å². The van der Waals surface area contributed by atoms with Crippen LogP contribution in [-0.4, -0.2) is 7.11 Å². The Morgan fingerprint density at radius 3 is 2.48 bits per heavy atom. The standard InChI is InChI=1S/C18H22N2O/c1-21-12-14-7-3-2-6-13(14)11-20-18-10-17(19)15-8-4-5-9-16(15)18/h2-9,17-18,20H,10-12,19H2,1H3. The molecule has 2 atom stereocenters. The number of benzene rings is 2. The lowest BCUT2D eigenvalue weighted by atomic mass is 10.1. The summed E-state index contributed by atoms with van der Waals surface area (Å²) in [5.41, 5.74) is 11.4. The molecule has 110 valence electrons. The van der Waals surface area contributed by atoms with Crippen LogP contribution in [0.2, 0.25) is 0 Å². The van der Waals surface area contributed by atoms with Gasteiger partial charge >= 0.3 is 0 Å². The van der Waals surface area contributed by atoms with E-state index in [0.717, 1.165) is 13.0 Å². The van der Waals surface area contributed by atoms with Crippen LogP contribution in [0.1, 0.15) is 40.8 Å². The third-order valence-electron chi connectivity index (χ3n) is 4.22. The summed E-state index contributed by atoms with van der Waals surface area (Å²) in [7, 11) is 1.73. The molecule has 1 aliphatic carbocycles. The molecule has 0 spiro atoms. The Balaban J connectivity index is 1.72. The first-order valence-corrected chi connectivity index (χ1v) is 7.43. The fourth-order valence-electron chi connectivity index (χ4n) is 3.13. The second-order valence-corrected chi connectivity index (χ2v) is 5.61. The zero-order valence-electron chi connectivity index (χ0n) is 12.4. The molecule has 2 unspecified atom stereocenters. The molecular formula is C18H22N2O. The third-order valence-corrected chi connectivity index (χ3v) is 4.22. The van der Waals surface area contributed by atoms with E-state index in [1.54, 1.807) is 7.11 Å². The summed E-state index contributed by atoms with van der Waals surface area (Å²) in [4.78, 5) is 0. The molecule has 0 amide bonds. The van der Waals surface area contributed by atoms with E-state index in [2.05, 4.69) is 53.8 Å². The lowest BCUT2D eigenvalue weighted by Gasteiger charge is -2.16. The summed E-state index contributed by atoms with van der Waals surface area (Å²) in [6, 6.07) is 17.4. The molecule has 0 aromatic heterocycles. The molecule has 0 bridgehead atoms. The number of rotatable bonds is 5. The molecule has 3 N–H and O–H groups in total. The van der Waals surface area contributed by atoms with Crippen molar-refractivity contribution in [3.8, 4) is 0 Å². The second kappa shape index (κ2) is 6.39. The maximum absolute atomic E-state index is 6.22. The van der Waals surface area contributed by atoms with E-state index in [-0.39, 0.29) is 6.04 Å². The van der Waals surface area contributed by atoms with Crippen LogP contribution in [0.15, 0.2) is 48.5 Å². The Bertz CT molecular complexity index is 612. The molecule has 21 heavy (non-hydrogen) atoms. The van der Waals surface area contributed by atoms with Crippen molar-refractivity contribution in [2.45, 2.75) is 31.7 Å². The van der Waals surface area contributed by atoms with Crippen LogP contribution in [0.5, 0.6) is 0 Å². The van der Waals surface area contributed by atoms with E-state index in [0.29, 0.717) is 12.6 Å². The maximum Gasteiger partial charge on any atom is 0.0716 e. The van der Waals surface area contributed by atoms with Crippen molar-refractivity contribution >= 4 is 0 Å². The van der Waals surface area contributed by atoms with E-state index >= 15 is 0 Å². The number of fused-ring (bicyclic) bond motifs is 1. The van der Waals surface area contributed by atoms with Gasteiger partial charge in [0.1, 0.15) is 0 Å². The highest BCUT2D eigenvalue weighted by Crippen LogP contribution is 2.37. The van der Waals surface area contributed by atoms with Crippen LogP contribution < -0.4 is 11.1 Å². The second-order valence-electron chi connectivity index (χ2n) is 5.61. The fraction of sp³-hybridized carbons (Fsp3) is 0.333. The van der Waals surface area contributed by atoms with Crippen molar-refractivity contribution in [3.05, 3.63) is 70.8 Å². The first-order valence-electron chi connectivity index (χ1n) is 7.43. The number of methoxy groups -OCH3 is 1. The minimum absolute atomic E-state index is 0.146. The SMILES string of the molecule is COCc1ccccc1CNC1CC(N)c2ccccc21. The van der Waals surface area contributed by atoms with Crippen molar-refractivity contribution in [2.24, 2.45) is 5.73 Å². The van der Waals surface area contributed by atoms with E-state index in [4.69, 9.17) is 10.5 Å². The Hall–Kier alpha value is -1.68. The van der Waals surface area contributed by atoms with Crippen molar-refractivity contribution < 1.29 is 4.74 Å². The number of hydrogen-bond donors (Lipinski definition) is 2. The number of ether oxygens (including phenoxy) is 1. The highest BCUT2D eigenvalue weighted by atomic mass is 16.5. The molecule has 0 saturated carbocycles. The minimum atomic E-state index is 0.146. The third kappa shape index (κ3) is 3.00. The first-order chi connectivity index (χ1) is 10.3. The Morgan fingerprint density at radius 2 is 1.71 bits per heavy atom. The van der Waals surface area contributed by atoms with Crippen molar-refractivity contribution in [2.75, 3.05) is 7.11 Å². The highest BCUT2D eigenvalue weighted by Gasteiger charge is 2.27. The van der Waals surface area contributed by atoms with Gasteiger partial charge in [-0.3, -0.25) is 0 Å². The summed E-state index contributed by atoms with van der Waals surface area (Å²) < 4.78 is 5.27. The minimum Gasteiger partial charge on any atom is -0.380 e. The molecule has 3 nitrogen and oxygen atoms in total. The molecule has 0 fully saturated rings. The van der Waals surface area contributed by atoms with E-state index in [1.807, 2.05) is 0 Å². The quantitative estimate of drug-likeness (QED) is 0.886. The van der Waals surface area contributed by atoms with Gasteiger partial charge in [-0.15, -0.1) is 0 Å². The Kier molecular flexibility index (Phi) is 4.34. The molecular weight excluding hydrogens is 260 g/mol. The van der Waals surface area contributed by atoms with Crippen LogP contribution in [0.4, 0.5) is 0 Å².